The second kappa shape index (κ2) is 9.22. The third-order valence-electron chi connectivity index (χ3n) is 4.90. The van der Waals surface area contributed by atoms with Gasteiger partial charge in [0.15, 0.2) is 0 Å². The van der Waals surface area contributed by atoms with Gasteiger partial charge in [0.05, 0.1) is 29.6 Å². The molecule has 166 valence electrons. The summed E-state index contributed by atoms with van der Waals surface area (Å²) in [5, 5.41) is 0. The number of sulfone groups is 1. The van der Waals surface area contributed by atoms with Crippen molar-refractivity contribution < 1.29 is 27.5 Å². The minimum Gasteiger partial charge on any atom is -0.497 e. The van der Waals surface area contributed by atoms with Crippen molar-refractivity contribution in [2.45, 2.75) is 23.6 Å². The first-order chi connectivity index (χ1) is 14.5. The molecule has 0 aromatic heterocycles. The van der Waals surface area contributed by atoms with E-state index in [1.807, 2.05) is 0 Å². The maximum absolute atomic E-state index is 13.5. The lowest BCUT2D eigenvalue weighted by atomic mass is 9.96. The lowest BCUT2D eigenvalue weighted by Crippen LogP contribution is -2.19. The van der Waals surface area contributed by atoms with Gasteiger partial charge < -0.3 is 20.1 Å². The zero-order chi connectivity index (χ0) is 23.5. The molecule has 2 N–H and O–H groups in total. The number of nitrogens with zero attached hydrogens (tertiary/aromatic N) is 1. The SMILES string of the molecule is COC(=O)c1c(C)c(C=CC(=O)N(C)C)c(N)c(C)c1S(=O)(=O)c1ccc(OC)cc1. The van der Waals surface area contributed by atoms with Gasteiger partial charge in [-0.25, -0.2) is 13.2 Å². The zero-order valence-electron chi connectivity index (χ0n) is 18.3. The molecular weight excluding hydrogens is 420 g/mol. The molecule has 0 saturated heterocycles. The van der Waals surface area contributed by atoms with Crippen LogP contribution < -0.4 is 10.5 Å². The summed E-state index contributed by atoms with van der Waals surface area (Å²) < 4.78 is 36.9. The Balaban J connectivity index is 2.84. The number of rotatable bonds is 6. The van der Waals surface area contributed by atoms with E-state index in [1.54, 1.807) is 21.0 Å². The van der Waals surface area contributed by atoms with Gasteiger partial charge in [0.2, 0.25) is 15.7 Å². The van der Waals surface area contributed by atoms with Crippen molar-refractivity contribution in [3.8, 4) is 5.75 Å². The number of nitrogen functional groups attached to an aromatic ring is 1. The van der Waals surface area contributed by atoms with Gasteiger partial charge in [0.1, 0.15) is 5.75 Å². The molecule has 0 aliphatic heterocycles. The summed E-state index contributed by atoms with van der Waals surface area (Å²) in [5.41, 5.74) is 7.16. The van der Waals surface area contributed by atoms with E-state index in [0.717, 1.165) is 0 Å². The highest BCUT2D eigenvalue weighted by Gasteiger charge is 2.32. The summed E-state index contributed by atoms with van der Waals surface area (Å²) in [4.78, 5) is 25.7. The number of esters is 1. The number of ether oxygens (including phenoxy) is 2. The Morgan fingerprint density at radius 2 is 1.61 bits per heavy atom. The van der Waals surface area contributed by atoms with Crippen LogP contribution in [0.2, 0.25) is 0 Å². The first-order valence-electron chi connectivity index (χ1n) is 9.26. The van der Waals surface area contributed by atoms with E-state index < -0.39 is 15.8 Å². The molecule has 1 amide bonds. The van der Waals surface area contributed by atoms with Crippen LogP contribution in [0.4, 0.5) is 5.69 Å². The van der Waals surface area contributed by atoms with Crippen LogP contribution in [-0.2, 0) is 19.4 Å². The Kier molecular flexibility index (Phi) is 7.12. The predicted octanol–water partition coefficient (Wildman–Crippen LogP) is 2.62. The Labute approximate surface area is 182 Å². The number of hydrogen-bond acceptors (Lipinski definition) is 7. The summed E-state index contributed by atoms with van der Waals surface area (Å²) in [6, 6.07) is 5.81. The molecule has 0 heterocycles. The van der Waals surface area contributed by atoms with Gasteiger partial charge in [-0.2, -0.15) is 0 Å². The van der Waals surface area contributed by atoms with E-state index in [-0.39, 0.29) is 32.5 Å². The number of nitrogens with two attached hydrogens (primary N) is 1. The number of carbonyl (C=O) groups excluding carboxylic acids is 2. The largest absolute Gasteiger partial charge is 0.497 e. The van der Waals surface area contributed by atoms with Crippen LogP contribution in [0.1, 0.15) is 27.0 Å². The molecule has 9 heteroatoms. The number of carbonyl (C=O) groups is 2. The summed E-state index contributed by atoms with van der Waals surface area (Å²) in [6.45, 7) is 3.08. The van der Waals surface area contributed by atoms with E-state index in [1.165, 1.54) is 62.5 Å². The number of amides is 1. The van der Waals surface area contributed by atoms with Crippen LogP contribution in [0.5, 0.6) is 5.75 Å². The molecule has 0 spiro atoms. The fourth-order valence-corrected chi connectivity index (χ4v) is 4.84. The maximum Gasteiger partial charge on any atom is 0.339 e. The Bertz CT molecular complexity index is 1150. The van der Waals surface area contributed by atoms with Crippen molar-refractivity contribution in [3.05, 3.63) is 52.6 Å². The van der Waals surface area contributed by atoms with Crippen molar-refractivity contribution in [1.29, 1.82) is 0 Å². The minimum atomic E-state index is -4.12. The normalized spacial score (nSPS) is 11.4. The second-order valence-electron chi connectivity index (χ2n) is 7.02. The zero-order valence-corrected chi connectivity index (χ0v) is 19.2. The number of methoxy groups -OCH3 is 2. The van der Waals surface area contributed by atoms with Crippen molar-refractivity contribution in [1.82, 2.24) is 4.90 Å². The summed E-state index contributed by atoms with van der Waals surface area (Å²) in [6.07, 6.45) is 2.77. The predicted molar refractivity (Wildman–Crippen MR) is 118 cm³/mol. The van der Waals surface area contributed by atoms with E-state index in [4.69, 9.17) is 15.2 Å². The molecule has 0 unspecified atom stereocenters. The molecule has 0 saturated carbocycles. The van der Waals surface area contributed by atoms with E-state index in [9.17, 15) is 18.0 Å². The van der Waals surface area contributed by atoms with Gasteiger partial charge in [-0.3, -0.25) is 4.79 Å². The molecule has 2 aromatic carbocycles. The molecule has 0 fully saturated rings. The second-order valence-corrected chi connectivity index (χ2v) is 8.90. The highest BCUT2D eigenvalue weighted by atomic mass is 32.2. The van der Waals surface area contributed by atoms with Gasteiger partial charge in [0.25, 0.3) is 0 Å². The highest BCUT2D eigenvalue weighted by Crippen LogP contribution is 2.37. The molecule has 2 rings (SSSR count). The maximum atomic E-state index is 13.5. The molecule has 31 heavy (non-hydrogen) atoms. The van der Waals surface area contributed by atoms with Crippen molar-refractivity contribution in [2.75, 3.05) is 34.0 Å². The Morgan fingerprint density at radius 1 is 1.03 bits per heavy atom. The average molecular weight is 447 g/mol. The van der Waals surface area contributed by atoms with Gasteiger partial charge in [-0.1, -0.05) is 0 Å². The number of hydrogen-bond donors (Lipinski definition) is 1. The molecule has 8 nitrogen and oxygen atoms in total. The number of anilines is 1. The molecular formula is C22H26N2O6S. The van der Waals surface area contributed by atoms with Crippen LogP contribution >= 0.6 is 0 Å². The fourth-order valence-electron chi connectivity index (χ4n) is 3.09. The van der Waals surface area contributed by atoms with Gasteiger partial charge >= 0.3 is 5.97 Å². The molecule has 0 atom stereocenters. The van der Waals surface area contributed by atoms with E-state index in [2.05, 4.69) is 0 Å². The molecule has 2 aromatic rings. The van der Waals surface area contributed by atoms with Crippen LogP contribution in [-0.4, -0.2) is 53.5 Å². The van der Waals surface area contributed by atoms with E-state index >= 15 is 0 Å². The first kappa shape index (κ1) is 23.9. The topological polar surface area (TPSA) is 116 Å². The van der Waals surface area contributed by atoms with Crippen LogP contribution in [0.15, 0.2) is 40.1 Å². The van der Waals surface area contributed by atoms with Crippen LogP contribution in [0.25, 0.3) is 6.08 Å². The number of benzene rings is 2. The molecule has 0 aliphatic carbocycles. The number of likely N-dealkylation sites (N-methyl/N-ethyl adjacent to an activating group) is 1. The summed E-state index contributed by atoms with van der Waals surface area (Å²) >= 11 is 0. The molecule has 0 bridgehead atoms. The monoisotopic (exact) mass is 446 g/mol. The summed E-state index contributed by atoms with van der Waals surface area (Å²) in [5.74, 6) is -0.613. The van der Waals surface area contributed by atoms with Gasteiger partial charge in [0, 0.05) is 31.4 Å². The van der Waals surface area contributed by atoms with E-state index in [0.29, 0.717) is 16.9 Å². The molecule has 0 radical (unpaired) electrons. The van der Waals surface area contributed by atoms with Crippen LogP contribution in [0.3, 0.4) is 0 Å². The smallest absolute Gasteiger partial charge is 0.339 e. The lowest BCUT2D eigenvalue weighted by Gasteiger charge is -2.20. The van der Waals surface area contributed by atoms with Crippen LogP contribution in [0, 0.1) is 13.8 Å². The minimum absolute atomic E-state index is 0.0218. The summed E-state index contributed by atoms with van der Waals surface area (Å²) in [7, 11) is 1.71. The quantitative estimate of drug-likeness (QED) is 0.412. The van der Waals surface area contributed by atoms with Gasteiger partial charge in [-0.15, -0.1) is 0 Å². The first-order valence-corrected chi connectivity index (χ1v) is 10.7. The molecule has 0 aliphatic rings. The Morgan fingerprint density at radius 3 is 2.10 bits per heavy atom. The van der Waals surface area contributed by atoms with Crippen molar-refractivity contribution in [2.24, 2.45) is 0 Å². The Hall–Kier alpha value is -3.33. The third-order valence-corrected chi connectivity index (χ3v) is 6.84. The van der Waals surface area contributed by atoms with Crippen molar-refractivity contribution in [3.63, 3.8) is 0 Å². The van der Waals surface area contributed by atoms with Crippen molar-refractivity contribution >= 4 is 33.5 Å². The average Bonchev–Trinajstić information content (AvgIpc) is 2.74. The highest BCUT2D eigenvalue weighted by molar-refractivity contribution is 7.91. The lowest BCUT2D eigenvalue weighted by molar-refractivity contribution is -0.123. The van der Waals surface area contributed by atoms with Gasteiger partial charge in [-0.05, 0) is 55.3 Å². The standard InChI is InChI=1S/C22H26N2O6S/c1-13-17(11-12-18(25)24(3)4)20(23)14(2)21(19(13)22(26)30-6)31(27,28)16-9-7-15(29-5)8-10-16/h7-12H,23H2,1-6H3. The fraction of sp³-hybridized carbons (Fsp3) is 0.273. The third kappa shape index (κ3) is 4.56.